The fourth-order valence-electron chi connectivity index (χ4n) is 2.93. The van der Waals surface area contributed by atoms with Gasteiger partial charge in [-0.3, -0.25) is 4.99 Å². The van der Waals surface area contributed by atoms with Crippen LogP contribution in [0.1, 0.15) is 68.2 Å². The molecule has 0 aliphatic carbocycles. The Hall–Kier alpha value is -0.410. The van der Waals surface area contributed by atoms with Crippen molar-refractivity contribution in [1.29, 1.82) is 0 Å². The number of rotatable bonds is 10. The molecule has 1 aliphatic heterocycles. The minimum absolute atomic E-state index is 0.250. The van der Waals surface area contributed by atoms with Gasteiger partial charge in [-0.2, -0.15) is 0 Å². The van der Waals surface area contributed by atoms with Gasteiger partial charge in [-0.1, -0.05) is 41.5 Å². The molecule has 0 aromatic heterocycles. The Balaban J connectivity index is 2.52. The van der Waals surface area contributed by atoms with Crippen molar-refractivity contribution in [2.75, 3.05) is 13.2 Å². The lowest BCUT2D eigenvalue weighted by Crippen LogP contribution is -2.28. The smallest absolute Gasteiger partial charge is 0.0624 e. The van der Waals surface area contributed by atoms with Gasteiger partial charge in [-0.25, -0.2) is 0 Å². The molecule has 5 atom stereocenters. The fourth-order valence-corrected chi connectivity index (χ4v) is 2.93. The van der Waals surface area contributed by atoms with Crippen molar-refractivity contribution in [3.05, 3.63) is 0 Å². The molecule has 1 rings (SSSR count). The Morgan fingerprint density at radius 2 is 1.39 bits per heavy atom. The highest BCUT2D eigenvalue weighted by molar-refractivity contribution is 5.88. The van der Waals surface area contributed by atoms with E-state index in [-0.39, 0.29) is 12.2 Å². The van der Waals surface area contributed by atoms with Crippen LogP contribution in [0.3, 0.4) is 0 Å². The third kappa shape index (κ3) is 6.93. The van der Waals surface area contributed by atoms with E-state index in [1.54, 1.807) is 0 Å². The van der Waals surface area contributed by atoms with Gasteiger partial charge in [0.15, 0.2) is 0 Å². The summed E-state index contributed by atoms with van der Waals surface area (Å²) in [7, 11) is 0. The fraction of sp³-hybridized carbons (Fsp3) is 0.950. The molecule has 3 nitrogen and oxygen atoms in total. The van der Waals surface area contributed by atoms with Crippen LogP contribution in [0.2, 0.25) is 0 Å². The molecule has 136 valence electrons. The molecule has 1 heterocycles. The van der Waals surface area contributed by atoms with Gasteiger partial charge in [-0.05, 0) is 38.5 Å². The molecule has 5 unspecified atom stereocenters. The lowest BCUT2D eigenvalue weighted by molar-refractivity contribution is 0.00869. The minimum atomic E-state index is 0.250. The second-order valence-electron chi connectivity index (χ2n) is 8.24. The van der Waals surface area contributed by atoms with Gasteiger partial charge in [0.2, 0.25) is 0 Å². The maximum Gasteiger partial charge on any atom is 0.0624 e. The summed E-state index contributed by atoms with van der Waals surface area (Å²) in [6, 6.07) is 0.409. The molecule has 0 amide bonds. The zero-order valence-electron chi connectivity index (χ0n) is 16.6. The average Bonchev–Trinajstić information content (AvgIpc) is 2.98. The summed E-state index contributed by atoms with van der Waals surface area (Å²) >= 11 is 0. The molecule has 0 saturated carbocycles. The molecule has 3 heteroatoms. The summed E-state index contributed by atoms with van der Waals surface area (Å²) < 4.78 is 12.0. The Morgan fingerprint density at radius 1 is 0.870 bits per heavy atom. The molecule has 0 bridgehead atoms. The van der Waals surface area contributed by atoms with Crippen molar-refractivity contribution in [2.45, 2.75) is 86.5 Å². The molecule has 1 aliphatic rings. The molecule has 0 fully saturated rings. The first-order valence-corrected chi connectivity index (χ1v) is 9.52. The summed E-state index contributed by atoms with van der Waals surface area (Å²) in [5, 5.41) is 0. The van der Waals surface area contributed by atoms with E-state index < -0.39 is 0 Å². The monoisotopic (exact) mass is 325 g/mol. The van der Waals surface area contributed by atoms with Crippen LogP contribution in [0.5, 0.6) is 0 Å². The predicted molar refractivity (Wildman–Crippen MR) is 99.3 cm³/mol. The topological polar surface area (TPSA) is 30.8 Å². The molecule has 0 radical (unpaired) electrons. The molecule has 0 spiro atoms. The molecular formula is C20H39NO2. The number of hydrogen-bond acceptors (Lipinski definition) is 3. The van der Waals surface area contributed by atoms with Crippen LogP contribution in [0.15, 0.2) is 4.99 Å². The Bertz CT molecular complexity index is 365. The minimum Gasteiger partial charge on any atom is -0.378 e. The standard InChI is InChI=1S/C20H39NO2/c1-13(2)11-22-17(7)15(5)19-9-10-20(21-19)16(6)18(8)23-12-14(3)4/h13-19H,9-12H2,1-8H3. The SMILES string of the molecule is CC(C)COC(C)C(C)C1=NC(C(C)C(C)OCC(C)C)CC1. The maximum absolute atomic E-state index is 5.99. The second-order valence-corrected chi connectivity index (χ2v) is 8.24. The van der Waals surface area contributed by atoms with E-state index >= 15 is 0 Å². The van der Waals surface area contributed by atoms with Crippen molar-refractivity contribution in [3.63, 3.8) is 0 Å². The lowest BCUT2D eigenvalue weighted by atomic mass is 9.93. The van der Waals surface area contributed by atoms with Crippen LogP contribution in [0.25, 0.3) is 0 Å². The quantitative estimate of drug-likeness (QED) is 0.567. The molecule has 0 saturated heterocycles. The highest BCUT2D eigenvalue weighted by Gasteiger charge is 2.30. The van der Waals surface area contributed by atoms with Gasteiger partial charge >= 0.3 is 0 Å². The van der Waals surface area contributed by atoms with E-state index in [4.69, 9.17) is 14.5 Å². The van der Waals surface area contributed by atoms with E-state index in [2.05, 4.69) is 55.4 Å². The van der Waals surface area contributed by atoms with E-state index in [9.17, 15) is 0 Å². The van der Waals surface area contributed by atoms with Crippen LogP contribution in [-0.2, 0) is 9.47 Å². The molecule has 23 heavy (non-hydrogen) atoms. The second kappa shape index (κ2) is 9.78. The van der Waals surface area contributed by atoms with Crippen LogP contribution in [0.4, 0.5) is 0 Å². The van der Waals surface area contributed by atoms with Gasteiger partial charge in [0.1, 0.15) is 0 Å². The summed E-state index contributed by atoms with van der Waals surface area (Å²) in [6.45, 7) is 19.4. The Kier molecular flexibility index (Phi) is 8.78. The van der Waals surface area contributed by atoms with Crippen molar-refractivity contribution in [1.82, 2.24) is 0 Å². The van der Waals surface area contributed by atoms with E-state index in [1.807, 2.05) is 0 Å². The highest BCUT2D eigenvalue weighted by atomic mass is 16.5. The zero-order chi connectivity index (χ0) is 17.6. The van der Waals surface area contributed by atoms with Crippen LogP contribution in [0, 0.1) is 23.7 Å². The summed E-state index contributed by atoms with van der Waals surface area (Å²) in [6.07, 6.45) is 2.80. The van der Waals surface area contributed by atoms with E-state index in [0.717, 1.165) is 26.1 Å². The summed E-state index contributed by atoms with van der Waals surface area (Å²) in [5.74, 6) is 2.07. The zero-order valence-corrected chi connectivity index (χ0v) is 16.6. The van der Waals surface area contributed by atoms with Crippen LogP contribution < -0.4 is 0 Å². The highest BCUT2D eigenvalue weighted by Crippen LogP contribution is 2.28. The Morgan fingerprint density at radius 3 is 1.91 bits per heavy atom. The van der Waals surface area contributed by atoms with Crippen molar-refractivity contribution >= 4 is 5.71 Å². The van der Waals surface area contributed by atoms with Gasteiger partial charge in [0.05, 0.1) is 18.2 Å². The first-order chi connectivity index (χ1) is 10.7. The summed E-state index contributed by atoms with van der Waals surface area (Å²) in [5.41, 5.74) is 1.34. The molecule has 0 aromatic carbocycles. The van der Waals surface area contributed by atoms with Crippen molar-refractivity contribution < 1.29 is 9.47 Å². The largest absolute Gasteiger partial charge is 0.378 e. The number of hydrogen-bond donors (Lipinski definition) is 0. The van der Waals surface area contributed by atoms with Gasteiger partial charge in [0, 0.05) is 30.8 Å². The van der Waals surface area contributed by atoms with Gasteiger partial charge < -0.3 is 9.47 Å². The first-order valence-electron chi connectivity index (χ1n) is 9.52. The number of ether oxygens (including phenoxy) is 2. The normalized spacial score (nSPS) is 23.9. The van der Waals surface area contributed by atoms with Gasteiger partial charge in [0.25, 0.3) is 0 Å². The van der Waals surface area contributed by atoms with E-state index in [0.29, 0.717) is 29.7 Å². The third-order valence-corrected chi connectivity index (χ3v) is 4.99. The first kappa shape index (κ1) is 20.6. The lowest BCUT2D eigenvalue weighted by Gasteiger charge is -2.25. The van der Waals surface area contributed by atoms with Crippen molar-refractivity contribution in [3.8, 4) is 0 Å². The molecule has 0 aromatic rings. The predicted octanol–water partition coefficient (Wildman–Crippen LogP) is 4.98. The van der Waals surface area contributed by atoms with Crippen LogP contribution in [-0.4, -0.2) is 37.2 Å². The third-order valence-electron chi connectivity index (χ3n) is 4.99. The van der Waals surface area contributed by atoms with E-state index in [1.165, 1.54) is 5.71 Å². The molecular weight excluding hydrogens is 286 g/mol. The molecule has 0 N–H and O–H groups in total. The average molecular weight is 326 g/mol. The summed E-state index contributed by atoms with van der Waals surface area (Å²) in [4.78, 5) is 5.04. The maximum atomic E-state index is 5.99. The number of aliphatic imine (C=N–C) groups is 1. The van der Waals surface area contributed by atoms with Crippen molar-refractivity contribution in [2.24, 2.45) is 28.7 Å². The number of nitrogens with zero attached hydrogens (tertiary/aromatic N) is 1. The van der Waals surface area contributed by atoms with Crippen LogP contribution >= 0.6 is 0 Å². The van der Waals surface area contributed by atoms with Gasteiger partial charge in [-0.15, -0.1) is 0 Å². The Labute approximate surface area is 144 Å².